The van der Waals surface area contributed by atoms with Gasteiger partial charge in [-0.3, -0.25) is 4.79 Å². The molecule has 1 atom stereocenters. The number of unbranched alkanes of at least 4 members (excludes halogenated alkanes) is 3. The molecule has 0 aromatic carbocycles. The third-order valence-corrected chi connectivity index (χ3v) is 2.11. The Labute approximate surface area is 96.1 Å². The molecule has 0 aliphatic heterocycles. The van der Waals surface area contributed by atoms with Crippen LogP contribution < -0.4 is 0 Å². The summed E-state index contributed by atoms with van der Waals surface area (Å²) in [5, 5.41) is 0. The summed E-state index contributed by atoms with van der Waals surface area (Å²) in [6.45, 7) is 2.68. The molecule has 0 aliphatic rings. The summed E-state index contributed by atoms with van der Waals surface area (Å²) in [7, 11) is 1.37. The van der Waals surface area contributed by atoms with Crippen LogP contribution in [0.15, 0.2) is 0 Å². The van der Waals surface area contributed by atoms with E-state index in [0.717, 1.165) is 25.7 Å². The van der Waals surface area contributed by atoms with E-state index < -0.39 is 12.1 Å². The molecule has 0 aromatic rings. The highest BCUT2D eigenvalue weighted by Gasteiger charge is 2.19. The summed E-state index contributed by atoms with van der Waals surface area (Å²) in [6, 6.07) is 0. The average molecular weight is 232 g/mol. The summed E-state index contributed by atoms with van der Waals surface area (Å²) < 4.78 is 14.3. The lowest BCUT2D eigenvalue weighted by atomic mass is 10.2. The molecule has 0 heterocycles. The maximum absolute atomic E-state index is 11.4. The van der Waals surface area contributed by atoms with Crippen LogP contribution in [0.25, 0.3) is 0 Å². The monoisotopic (exact) mass is 232 g/mol. The minimum Gasteiger partial charge on any atom is -0.464 e. The molecular weight excluding hydrogens is 212 g/mol. The fraction of sp³-hybridized carbons (Fsp3) is 0.818. The van der Waals surface area contributed by atoms with Gasteiger partial charge in [0.2, 0.25) is 0 Å². The van der Waals surface area contributed by atoms with Gasteiger partial charge < -0.3 is 14.2 Å². The maximum Gasteiger partial charge on any atom is 0.338 e. The SMILES string of the molecule is CCCCCCOC(=O)C(COC=O)OC. The molecule has 0 rings (SSSR count). The van der Waals surface area contributed by atoms with Crippen LogP contribution in [0.1, 0.15) is 32.6 Å². The first kappa shape index (κ1) is 14.9. The van der Waals surface area contributed by atoms with Crippen molar-refractivity contribution in [1.82, 2.24) is 0 Å². The van der Waals surface area contributed by atoms with Gasteiger partial charge >= 0.3 is 5.97 Å². The number of hydrogen-bond donors (Lipinski definition) is 0. The van der Waals surface area contributed by atoms with Crippen molar-refractivity contribution in [2.75, 3.05) is 20.3 Å². The molecule has 0 saturated heterocycles. The quantitative estimate of drug-likeness (QED) is 0.323. The Morgan fingerprint density at radius 3 is 2.62 bits per heavy atom. The fourth-order valence-corrected chi connectivity index (χ4v) is 1.15. The Balaban J connectivity index is 3.62. The summed E-state index contributed by atoms with van der Waals surface area (Å²) in [5.74, 6) is -0.485. The van der Waals surface area contributed by atoms with Gasteiger partial charge in [-0.1, -0.05) is 26.2 Å². The van der Waals surface area contributed by atoms with E-state index in [2.05, 4.69) is 11.7 Å². The van der Waals surface area contributed by atoms with Crippen molar-refractivity contribution in [3.8, 4) is 0 Å². The van der Waals surface area contributed by atoms with Gasteiger partial charge in [0.25, 0.3) is 6.47 Å². The number of rotatable bonds is 10. The van der Waals surface area contributed by atoms with Crippen molar-refractivity contribution in [2.24, 2.45) is 0 Å². The van der Waals surface area contributed by atoms with Gasteiger partial charge in [0, 0.05) is 7.11 Å². The molecule has 0 amide bonds. The Morgan fingerprint density at radius 1 is 1.31 bits per heavy atom. The molecule has 0 aliphatic carbocycles. The van der Waals surface area contributed by atoms with Gasteiger partial charge in [0.05, 0.1) is 6.61 Å². The molecule has 0 saturated carbocycles. The number of carbonyl (C=O) groups is 2. The van der Waals surface area contributed by atoms with Crippen LogP contribution in [0, 0.1) is 0 Å². The minimum atomic E-state index is -0.823. The highest BCUT2D eigenvalue weighted by Crippen LogP contribution is 2.01. The Kier molecular flexibility index (Phi) is 9.70. The molecule has 0 radical (unpaired) electrons. The number of carbonyl (C=O) groups excluding carboxylic acids is 2. The molecule has 0 aromatic heterocycles. The second kappa shape index (κ2) is 10.4. The van der Waals surface area contributed by atoms with Crippen molar-refractivity contribution in [2.45, 2.75) is 38.7 Å². The largest absolute Gasteiger partial charge is 0.464 e. The first-order valence-corrected chi connectivity index (χ1v) is 5.50. The van der Waals surface area contributed by atoms with E-state index in [-0.39, 0.29) is 13.1 Å². The number of methoxy groups -OCH3 is 1. The van der Waals surface area contributed by atoms with Gasteiger partial charge in [-0.15, -0.1) is 0 Å². The van der Waals surface area contributed by atoms with Crippen LogP contribution in [-0.4, -0.2) is 38.9 Å². The Morgan fingerprint density at radius 2 is 2.06 bits per heavy atom. The highest BCUT2D eigenvalue weighted by molar-refractivity contribution is 5.75. The third kappa shape index (κ3) is 7.23. The van der Waals surface area contributed by atoms with E-state index >= 15 is 0 Å². The standard InChI is InChI=1S/C11H20O5/c1-3-4-5-6-7-16-11(13)10(14-2)8-15-9-12/h9-10H,3-8H2,1-2H3. The summed E-state index contributed by atoms with van der Waals surface area (Å²) in [4.78, 5) is 21.3. The molecule has 0 N–H and O–H groups in total. The van der Waals surface area contributed by atoms with Crippen LogP contribution >= 0.6 is 0 Å². The molecule has 0 spiro atoms. The van der Waals surface area contributed by atoms with Gasteiger partial charge in [-0.05, 0) is 6.42 Å². The molecular formula is C11H20O5. The summed E-state index contributed by atoms with van der Waals surface area (Å²) >= 11 is 0. The van der Waals surface area contributed by atoms with E-state index in [0.29, 0.717) is 6.61 Å². The number of ether oxygens (including phenoxy) is 3. The lowest BCUT2D eigenvalue weighted by Gasteiger charge is -2.13. The average Bonchev–Trinajstić information content (AvgIpc) is 2.30. The zero-order valence-corrected chi connectivity index (χ0v) is 9.94. The van der Waals surface area contributed by atoms with Crippen LogP contribution in [0.4, 0.5) is 0 Å². The molecule has 16 heavy (non-hydrogen) atoms. The van der Waals surface area contributed by atoms with Gasteiger partial charge in [-0.2, -0.15) is 0 Å². The van der Waals surface area contributed by atoms with Crippen molar-refractivity contribution >= 4 is 12.4 Å². The molecule has 0 bridgehead atoms. The first-order chi connectivity index (χ1) is 7.76. The van der Waals surface area contributed by atoms with Crippen LogP contribution in [0.2, 0.25) is 0 Å². The van der Waals surface area contributed by atoms with Crippen molar-refractivity contribution in [1.29, 1.82) is 0 Å². The van der Waals surface area contributed by atoms with Crippen molar-refractivity contribution in [3.05, 3.63) is 0 Å². The molecule has 1 unspecified atom stereocenters. The zero-order valence-electron chi connectivity index (χ0n) is 9.94. The van der Waals surface area contributed by atoms with Crippen LogP contribution in [0.3, 0.4) is 0 Å². The number of hydrogen-bond acceptors (Lipinski definition) is 5. The van der Waals surface area contributed by atoms with Crippen LogP contribution in [0.5, 0.6) is 0 Å². The third-order valence-electron chi connectivity index (χ3n) is 2.11. The normalized spacial score (nSPS) is 11.9. The second-order valence-electron chi connectivity index (χ2n) is 3.38. The van der Waals surface area contributed by atoms with E-state index in [9.17, 15) is 9.59 Å². The molecule has 94 valence electrons. The Hall–Kier alpha value is -1.10. The minimum absolute atomic E-state index is 0.103. The number of esters is 1. The van der Waals surface area contributed by atoms with Gasteiger partial charge in [0.1, 0.15) is 6.61 Å². The van der Waals surface area contributed by atoms with Crippen LogP contribution in [-0.2, 0) is 23.8 Å². The smallest absolute Gasteiger partial charge is 0.338 e. The molecule has 5 nitrogen and oxygen atoms in total. The van der Waals surface area contributed by atoms with Crippen molar-refractivity contribution in [3.63, 3.8) is 0 Å². The van der Waals surface area contributed by atoms with E-state index in [1.165, 1.54) is 7.11 Å². The maximum atomic E-state index is 11.4. The predicted molar refractivity (Wildman–Crippen MR) is 57.9 cm³/mol. The fourth-order valence-electron chi connectivity index (χ4n) is 1.15. The van der Waals surface area contributed by atoms with Gasteiger partial charge in [0.15, 0.2) is 6.10 Å². The molecule has 0 fully saturated rings. The summed E-state index contributed by atoms with van der Waals surface area (Å²) in [6.07, 6.45) is 3.36. The van der Waals surface area contributed by atoms with E-state index in [4.69, 9.17) is 9.47 Å². The lowest BCUT2D eigenvalue weighted by Crippen LogP contribution is -2.30. The van der Waals surface area contributed by atoms with Gasteiger partial charge in [-0.25, -0.2) is 4.79 Å². The van der Waals surface area contributed by atoms with Crippen molar-refractivity contribution < 1.29 is 23.8 Å². The summed E-state index contributed by atoms with van der Waals surface area (Å²) in [5.41, 5.74) is 0. The lowest BCUT2D eigenvalue weighted by molar-refractivity contribution is -0.160. The highest BCUT2D eigenvalue weighted by atomic mass is 16.6. The topological polar surface area (TPSA) is 61.8 Å². The van der Waals surface area contributed by atoms with E-state index in [1.54, 1.807) is 0 Å². The Bertz CT molecular complexity index is 193. The second-order valence-corrected chi connectivity index (χ2v) is 3.38. The molecule has 5 heteroatoms. The first-order valence-electron chi connectivity index (χ1n) is 5.50. The zero-order chi connectivity index (χ0) is 12.2. The van der Waals surface area contributed by atoms with E-state index in [1.807, 2.05) is 0 Å². The predicted octanol–water partition coefficient (Wildman–Crippen LogP) is 1.30.